The molecular weight excluding hydrogens is 412 g/mol. The minimum Gasteiger partial charge on any atom is -0.476 e. The van der Waals surface area contributed by atoms with Crippen molar-refractivity contribution in [1.82, 2.24) is 24.5 Å². The van der Waals surface area contributed by atoms with E-state index in [2.05, 4.69) is 20.6 Å². The first-order valence-corrected chi connectivity index (χ1v) is 11.1. The number of carbonyl (C=O) groups excluding carboxylic acids is 1. The van der Waals surface area contributed by atoms with Gasteiger partial charge in [-0.25, -0.2) is 0 Å². The minimum atomic E-state index is -0.0975. The first-order chi connectivity index (χ1) is 15.1. The molecule has 0 saturated heterocycles. The molecule has 0 spiro atoms. The lowest BCUT2D eigenvalue weighted by Gasteiger charge is -2.08. The quantitative estimate of drug-likeness (QED) is 0.421. The van der Waals surface area contributed by atoms with Crippen molar-refractivity contribution in [3.05, 3.63) is 48.7 Å². The number of hydrogen-bond donors (Lipinski definition) is 1. The smallest absolute Gasteiger partial charge is 0.243 e. The molecule has 0 aliphatic carbocycles. The van der Waals surface area contributed by atoms with Gasteiger partial charge in [-0.3, -0.25) is 9.48 Å². The van der Waals surface area contributed by atoms with E-state index in [1.54, 1.807) is 4.68 Å². The van der Waals surface area contributed by atoms with Gasteiger partial charge in [0.15, 0.2) is 11.0 Å². The Bertz CT molecular complexity index is 1210. The number of thioether (sulfide) groups is 1. The van der Waals surface area contributed by atoms with Crippen LogP contribution in [0.4, 0.5) is 5.69 Å². The molecule has 0 aliphatic heterocycles. The maximum Gasteiger partial charge on any atom is 0.243 e. The Labute approximate surface area is 184 Å². The zero-order valence-electron chi connectivity index (χ0n) is 17.7. The second-order valence-electron chi connectivity index (χ2n) is 6.87. The second-order valence-corrected chi connectivity index (χ2v) is 7.81. The van der Waals surface area contributed by atoms with E-state index in [4.69, 9.17) is 4.74 Å². The Hall–Kier alpha value is -3.33. The molecule has 0 fully saturated rings. The van der Waals surface area contributed by atoms with Crippen molar-refractivity contribution in [2.24, 2.45) is 7.05 Å². The lowest BCUT2D eigenvalue weighted by Crippen LogP contribution is -2.14. The summed E-state index contributed by atoms with van der Waals surface area (Å²) in [5.74, 6) is 1.31. The third kappa shape index (κ3) is 4.41. The van der Waals surface area contributed by atoms with Crippen molar-refractivity contribution in [2.75, 3.05) is 17.7 Å². The van der Waals surface area contributed by atoms with Gasteiger partial charge < -0.3 is 14.6 Å². The summed E-state index contributed by atoms with van der Waals surface area (Å²) in [5.41, 5.74) is 1.58. The van der Waals surface area contributed by atoms with Gasteiger partial charge in [0.1, 0.15) is 5.56 Å². The molecule has 2 aromatic heterocycles. The normalized spacial score (nSPS) is 11.1. The molecule has 9 heteroatoms. The van der Waals surface area contributed by atoms with Crippen LogP contribution in [0.3, 0.4) is 0 Å². The van der Waals surface area contributed by atoms with E-state index in [1.807, 2.05) is 74.1 Å². The van der Waals surface area contributed by atoms with E-state index in [0.29, 0.717) is 23.5 Å². The Kier molecular flexibility index (Phi) is 6.22. The Morgan fingerprint density at radius 3 is 2.74 bits per heavy atom. The number of aromatic nitrogens is 5. The van der Waals surface area contributed by atoms with Crippen LogP contribution in [-0.4, -0.2) is 42.8 Å². The van der Waals surface area contributed by atoms with E-state index < -0.39 is 0 Å². The monoisotopic (exact) mass is 436 g/mol. The highest BCUT2D eigenvalue weighted by molar-refractivity contribution is 7.99. The van der Waals surface area contributed by atoms with Crippen molar-refractivity contribution >= 4 is 34.1 Å². The Balaban J connectivity index is 1.47. The van der Waals surface area contributed by atoms with Crippen LogP contribution >= 0.6 is 11.8 Å². The molecule has 160 valence electrons. The minimum absolute atomic E-state index is 0.0975. The summed E-state index contributed by atoms with van der Waals surface area (Å²) >= 11 is 1.34. The van der Waals surface area contributed by atoms with Crippen LogP contribution in [0.1, 0.15) is 13.8 Å². The SMILES string of the molecule is CCOc1nn(CC)cc1-c1nnc(SCC(=O)Nc2cccc3ccccc23)n1C. The maximum absolute atomic E-state index is 12.6. The summed E-state index contributed by atoms with van der Waals surface area (Å²) < 4.78 is 9.32. The van der Waals surface area contributed by atoms with Crippen molar-refractivity contribution in [2.45, 2.75) is 25.5 Å². The summed E-state index contributed by atoms with van der Waals surface area (Å²) in [6, 6.07) is 13.8. The van der Waals surface area contributed by atoms with Crippen LogP contribution in [0.2, 0.25) is 0 Å². The Morgan fingerprint density at radius 1 is 1.13 bits per heavy atom. The summed E-state index contributed by atoms with van der Waals surface area (Å²) in [4.78, 5) is 12.6. The highest BCUT2D eigenvalue weighted by Crippen LogP contribution is 2.30. The van der Waals surface area contributed by atoms with Gasteiger partial charge in [0.05, 0.1) is 12.4 Å². The fraction of sp³-hybridized carbons (Fsp3) is 0.273. The number of fused-ring (bicyclic) bond motifs is 1. The molecule has 0 radical (unpaired) electrons. The van der Waals surface area contributed by atoms with Crippen LogP contribution in [0.15, 0.2) is 53.8 Å². The molecule has 0 saturated carbocycles. The first-order valence-electron chi connectivity index (χ1n) is 10.1. The van der Waals surface area contributed by atoms with E-state index in [0.717, 1.165) is 28.6 Å². The summed E-state index contributed by atoms with van der Waals surface area (Å²) in [7, 11) is 1.87. The third-order valence-electron chi connectivity index (χ3n) is 4.80. The predicted molar refractivity (Wildman–Crippen MR) is 122 cm³/mol. The van der Waals surface area contributed by atoms with Crippen LogP contribution in [0.5, 0.6) is 5.88 Å². The van der Waals surface area contributed by atoms with Gasteiger partial charge in [-0.15, -0.1) is 15.3 Å². The van der Waals surface area contributed by atoms with Crippen molar-refractivity contribution in [1.29, 1.82) is 0 Å². The van der Waals surface area contributed by atoms with Gasteiger partial charge in [0.2, 0.25) is 11.8 Å². The molecule has 1 N–H and O–H groups in total. The number of carbonyl (C=O) groups is 1. The number of ether oxygens (including phenoxy) is 1. The molecule has 1 amide bonds. The van der Waals surface area contributed by atoms with Gasteiger partial charge in [0, 0.05) is 30.9 Å². The third-order valence-corrected chi connectivity index (χ3v) is 5.82. The number of nitrogens with one attached hydrogen (secondary N) is 1. The predicted octanol–water partition coefficient (Wildman–Crippen LogP) is 3.98. The number of rotatable bonds is 8. The van der Waals surface area contributed by atoms with Crippen LogP contribution in [0.25, 0.3) is 22.2 Å². The topological polar surface area (TPSA) is 86.9 Å². The highest BCUT2D eigenvalue weighted by atomic mass is 32.2. The molecule has 2 heterocycles. The van der Waals surface area contributed by atoms with Crippen LogP contribution in [0, 0.1) is 0 Å². The van der Waals surface area contributed by atoms with Gasteiger partial charge in [-0.2, -0.15) is 0 Å². The van der Waals surface area contributed by atoms with Gasteiger partial charge in [-0.1, -0.05) is 48.2 Å². The first kappa shape index (κ1) is 20.9. The fourth-order valence-electron chi connectivity index (χ4n) is 3.29. The van der Waals surface area contributed by atoms with Crippen molar-refractivity contribution in [3.63, 3.8) is 0 Å². The molecule has 4 aromatic rings. The zero-order valence-corrected chi connectivity index (χ0v) is 18.5. The molecule has 0 atom stereocenters. The molecule has 2 aromatic carbocycles. The molecule has 31 heavy (non-hydrogen) atoms. The number of benzene rings is 2. The highest BCUT2D eigenvalue weighted by Gasteiger charge is 2.19. The van der Waals surface area contributed by atoms with E-state index in [1.165, 1.54) is 11.8 Å². The number of anilines is 1. The zero-order chi connectivity index (χ0) is 21.8. The summed E-state index contributed by atoms with van der Waals surface area (Å²) in [6.07, 6.45) is 1.90. The molecule has 4 rings (SSSR count). The average Bonchev–Trinajstić information content (AvgIpc) is 3.35. The number of amides is 1. The average molecular weight is 437 g/mol. The molecule has 0 aliphatic rings. The summed E-state index contributed by atoms with van der Waals surface area (Å²) in [6.45, 7) is 5.18. The number of hydrogen-bond acceptors (Lipinski definition) is 6. The Morgan fingerprint density at radius 2 is 1.94 bits per heavy atom. The maximum atomic E-state index is 12.6. The number of nitrogens with zero attached hydrogens (tertiary/aromatic N) is 5. The van der Waals surface area contributed by atoms with Crippen molar-refractivity contribution in [3.8, 4) is 17.3 Å². The lowest BCUT2D eigenvalue weighted by molar-refractivity contribution is -0.113. The van der Waals surface area contributed by atoms with E-state index in [-0.39, 0.29) is 11.7 Å². The number of aryl methyl sites for hydroxylation is 1. The molecular formula is C22H24N6O2S. The second kappa shape index (κ2) is 9.22. The largest absolute Gasteiger partial charge is 0.476 e. The standard InChI is InChI=1S/C22H24N6O2S/c1-4-28-13-17(21(26-28)30-5-2)20-24-25-22(27(20)3)31-14-19(29)23-18-12-8-10-15-9-6-7-11-16(15)18/h6-13H,4-5,14H2,1-3H3,(H,23,29). The molecule has 0 bridgehead atoms. The van der Waals surface area contributed by atoms with E-state index >= 15 is 0 Å². The molecule has 8 nitrogen and oxygen atoms in total. The lowest BCUT2D eigenvalue weighted by atomic mass is 10.1. The van der Waals surface area contributed by atoms with Gasteiger partial charge in [0.25, 0.3) is 0 Å². The van der Waals surface area contributed by atoms with Gasteiger partial charge >= 0.3 is 0 Å². The van der Waals surface area contributed by atoms with Crippen molar-refractivity contribution < 1.29 is 9.53 Å². The van der Waals surface area contributed by atoms with Crippen LogP contribution in [-0.2, 0) is 18.4 Å². The van der Waals surface area contributed by atoms with E-state index in [9.17, 15) is 4.79 Å². The van der Waals surface area contributed by atoms with Crippen LogP contribution < -0.4 is 10.1 Å². The molecule has 0 unspecified atom stereocenters. The summed E-state index contributed by atoms with van der Waals surface area (Å²) in [5, 5.41) is 18.7. The fourth-order valence-corrected chi connectivity index (χ4v) is 4.00. The van der Waals surface area contributed by atoms with Gasteiger partial charge in [-0.05, 0) is 25.3 Å².